The summed E-state index contributed by atoms with van der Waals surface area (Å²) in [6.07, 6.45) is 3.58. The smallest absolute Gasteiger partial charge is 0.250 e. The molecule has 3 N–H and O–H groups in total. The molecule has 2 aromatic carbocycles. The zero-order valence-electron chi connectivity index (χ0n) is 14.6. The number of benzene rings is 2. The van der Waals surface area contributed by atoms with Gasteiger partial charge in [-0.3, -0.25) is 9.69 Å². The van der Waals surface area contributed by atoms with Gasteiger partial charge in [-0.05, 0) is 36.6 Å². The van der Waals surface area contributed by atoms with Crippen LogP contribution in [0, 0.1) is 0 Å². The number of nitrogens with zero attached hydrogens (tertiary/aromatic N) is 2. The van der Waals surface area contributed by atoms with E-state index in [1.165, 1.54) is 10.9 Å². The Morgan fingerprint density at radius 3 is 2.54 bits per heavy atom. The molecule has 1 aromatic heterocycles. The van der Waals surface area contributed by atoms with Crippen molar-refractivity contribution in [3.63, 3.8) is 0 Å². The minimum Gasteiger partial charge on any atom is -0.393 e. The van der Waals surface area contributed by atoms with E-state index < -0.39 is 5.91 Å². The summed E-state index contributed by atoms with van der Waals surface area (Å²) in [5.74, 6) is -0.426. The van der Waals surface area contributed by atoms with Crippen molar-refractivity contribution in [3.8, 4) is 5.69 Å². The van der Waals surface area contributed by atoms with E-state index >= 15 is 0 Å². The van der Waals surface area contributed by atoms with E-state index in [2.05, 4.69) is 27.8 Å². The number of para-hydroxylation sites is 2. The van der Waals surface area contributed by atoms with Crippen LogP contribution in [0.2, 0.25) is 0 Å². The molecule has 5 nitrogen and oxygen atoms in total. The van der Waals surface area contributed by atoms with Crippen LogP contribution in [0.3, 0.4) is 0 Å². The third kappa shape index (κ3) is 3.11. The van der Waals surface area contributed by atoms with Gasteiger partial charge in [-0.15, -0.1) is 0 Å². The summed E-state index contributed by atoms with van der Waals surface area (Å²) in [5, 5.41) is 10.9. The zero-order chi connectivity index (χ0) is 18.1. The number of likely N-dealkylation sites (tertiary alicyclic amines) is 1. The molecule has 0 bridgehead atoms. The second kappa shape index (κ2) is 6.94. The number of nitrogens with two attached hydrogens (primary N) is 1. The largest absolute Gasteiger partial charge is 0.393 e. The fraction of sp³-hybridized carbons (Fsp3) is 0.286. The highest BCUT2D eigenvalue weighted by molar-refractivity contribution is 5.97. The topological polar surface area (TPSA) is 71.5 Å². The summed E-state index contributed by atoms with van der Waals surface area (Å²) in [4.78, 5) is 14.2. The number of hydrogen-bond acceptors (Lipinski definition) is 3. The van der Waals surface area contributed by atoms with E-state index in [4.69, 9.17) is 5.73 Å². The molecular weight excluding hydrogens is 326 g/mol. The van der Waals surface area contributed by atoms with Gasteiger partial charge in [0.2, 0.25) is 0 Å². The molecule has 5 heteroatoms. The van der Waals surface area contributed by atoms with Gasteiger partial charge >= 0.3 is 0 Å². The molecule has 1 saturated heterocycles. The summed E-state index contributed by atoms with van der Waals surface area (Å²) in [5.41, 5.74) is 9.18. The highest BCUT2D eigenvalue weighted by Crippen LogP contribution is 2.28. The molecule has 0 aliphatic carbocycles. The van der Waals surface area contributed by atoms with Crippen molar-refractivity contribution < 1.29 is 9.90 Å². The Bertz CT molecular complexity index is 939. The van der Waals surface area contributed by atoms with E-state index in [-0.39, 0.29) is 6.10 Å². The minimum absolute atomic E-state index is 0.171. The molecule has 1 fully saturated rings. The summed E-state index contributed by atoms with van der Waals surface area (Å²) < 4.78 is 2.06. The third-order valence-electron chi connectivity index (χ3n) is 5.17. The molecule has 2 heterocycles. The first-order chi connectivity index (χ1) is 12.6. The highest BCUT2D eigenvalue weighted by Gasteiger charge is 2.20. The van der Waals surface area contributed by atoms with Crippen LogP contribution in [0.1, 0.15) is 28.8 Å². The molecule has 26 heavy (non-hydrogen) atoms. The Kier molecular flexibility index (Phi) is 4.49. The number of aliphatic hydroxyl groups is 1. The molecule has 1 aliphatic rings. The van der Waals surface area contributed by atoms with Gasteiger partial charge < -0.3 is 15.4 Å². The maximum Gasteiger partial charge on any atom is 0.250 e. The van der Waals surface area contributed by atoms with Crippen molar-refractivity contribution in [2.75, 3.05) is 13.1 Å². The number of amides is 1. The average molecular weight is 349 g/mol. The first-order valence-corrected chi connectivity index (χ1v) is 9.02. The van der Waals surface area contributed by atoms with Crippen LogP contribution < -0.4 is 5.73 Å². The van der Waals surface area contributed by atoms with Gasteiger partial charge in [-0.25, -0.2) is 0 Å². The van der Waals surface area contributed by atoms with Gasteiger partial charge in [-0.2, -0.15) is 0 Å². The van der Waals surface area contributed by atoms with Crippen LogP contribution in [0.25, 0.3) is 16.6 Å². The number of fused-ring (bicyclic) bond motifs is 1. The maximum atomic E-state index is 11.9. The Labute approximate surface area is 152 Å². The molecule has 134 valence electrons. The number of carbonyl (C=O) groups excluding carboxylic acids is 1. The molecule has 4 rings (SSSR count). The lowest BCUT2D eigenvalue weighted by molar-refractivity contribution is 0.0794. The Hall–Kier alpha value is -2.63. The fourth-order valence-electron chi connectivity index (χ4n) is 3.79. The molecule has 1 aliphatic heterocycles. The van der Waals surface area contributed by atoms with Crippen LogP contribution in [0.4, 0.5) is 0 Å². The number of hydrogen-bond donors (Lipinski definition) is 2. The predicted molar refractivity (Wildman–Crippen MR) is 102 cm³/mol. The lowest BCUT2D eigenvalue weighted by Crippen LogP contribution is -2.35. The monoisotopic (exact) mass is 349 g/mol. The lowest BCUT2D eigenvalue weighted by atomic mass is 10.1. The molecule has 0 spiro atoms. The Morgan fingerprint density at radius 2 is 1.77 bits per heavy atom. The number of piperidine rings is 1. The van der Waals surface area contributed by atoms with Crippen molar-refractivity contribution in [2.45, 2.75) is 25.5 Å². The Morgan fingerprint density at radius 1 is 1.08 bits per heavy atom. The maximum absolute atomic E-state index is 11.9. The number of rotatable bonds is 4. The number of carbonyl (C=O) groups is 1. The van der Waals surface area contributed by atoms with E-state index in [1.807, 2.05) is 30.3 Å². The standard InChI is InChI=1S/C21H23N3O2/c22-21(26)18-6-2-4-8-20(18)24-14-15(17-5-1-3-7-19(17)24)13-23-11-9-16(25)10-12-23/h1-8,14,16,25H,9-13H2,(H2,22,26). The predicted octanol–water partition coefficient (Wildman–Crippen LogP) is 2.69. The van der Waals surface area contributed by atoms with Crippen LogP contribution in [0.5, 0.6) is 0 Å². The van der Waals surface area contributed by atoms with Crippen molar-refractivity contribution in [2.24, 2.45) is 5.73 Å². The van der Waals surface area contributed by atoms with E-state index in [9.17, 15) is 9.90 Å². The normalized spacial score (nSPS) is 16.2. The van der Waals surface area contributed by atoms with Crippen LogP contribution in [-0.4, -0.2) is 39.7 Å². The van der Waals surface area contributed by atoms with Gasteiger partial charge in [0, 0.05) is 31.2 Å². The van der Waals surface area contributed by atoms with Crippen molar-refractivity contribution in [1.82, 2.24) is 9.47 Å². The number of aliphatic hydroxyl groups excluding tert-OH is 1. The van der Waals surface area contributed by atoms with E-state index in [1.54, 1.807) is 6.07 Å². The lowest BCUT2D eigenvalue weighted by Gasteiger charge is -2.29. The summed E-state index contributed by atoms with van der Waals surface area (Å²) in [7, 11) is 0. The van der Waals surface area contributed by atoms with Crippen molar-refractivity contribution in [3.05, 3.63) is 65.9 Å². The average Bonchev–Trinajstić information content (AvgIpc) is 3.02. The third-order valence-corrected chi connectivity index (χ3v) is 5.17. The quantitative estimate of drug-likeness (QED) is 0.761. The minimum atomic E-state index is -0.426. The fourth-order valence-corrected chi connectivity index (χ4v) is 3.79. The van der Waals surface area contributed by atoms with Crippen LogP contribution in [0.15, 0.2) is 54.7 Å². The molecule has 0 atom stereocenters. The molecule has 0 unspecified atom stereocenters. The molecular formula is C21H23N3O2. The van der Waals surface area contributed by atoms with Crippen LogP contribution >= 0.6 is 0 Å². The van der Waals surface area contributed by atoms with Crippen molar-refractivity contribution >= 4 is 16.8 Å². The SMILES string of the molecule is NC(=O)c1ccccc1-n1cc(CN2CCC(O)CC2)c2ccccc21. The van der Waals surface area contributed by atoms with Crippen LogP contribution in [-0.2, 0) is 6.54 Å². The highest BCUT2D eigenvalue weighted by atomic mass is 16.3. The van der Waals surface area contributed by atoms with Crippen molar-refractivity contribution in [1.29, 1.82) is 0 Å². The van der Waals surface area contributed by atoms with Gasteiger partial charge in [0.15, 0.2) is 0 Å². The summed E-state index contributed by atoms with van der Waals surface area (Å²) in [6, 6.07) is 15.7. The Balaban J connectivity index is 1.77. The van der Waals surface area contributed by atoms with Gasteiger partial charge in [0.1, 0.15) is 0 Å². The van der Waals surface area contributed by atoms with Gasteiger partial charge in [0.25, 0.3) is 5.91 Å². The number of primary amides is 1. The molecule has 0 saturated carbocycles. The number of aromatic nitrogens is 1. The second-order valence-electron chi connectivity index (χ2n) is 6.93. The summed E-state index contributed by atoms with van der Waals surface area (Å²) >= 11 is 0. The van der Waals surface area contributed by atoms with Gasteiger partial charge in [0.05, 0.1) is 22.9 Å². The first kappa shape index (κ1) is 16.8. The molecule has 0 radical (unpaired) electrons. The van der Waals surface area contributed by atoms with E-state index in [0.717, 1.165) is 43.7 Å². The molecule has 3 aromatic rings. The second-order valence-corrected chi connectivity index (χ2v) is 6.93. The summed E-state index contributed by atoms with van der Waals surface area (Å²) in [6.45, 7) is 2.63. The van der Waals surface area contributed by atoms with E-state index in [0.29, 0.717) is 5.56 Å². The zero-order valence-corrected chi connectivity index (χ0v) is 14.6. The van der Waals surface area contributed by atoms with Gasteiger partial charge in [-0.1, -0.05) is 30.3 Å². The molecule has 1 amide bonds. The first-order valence-electron chi connectivity index (χ1n) is 9.02.